The normalized spacial score (nSPS) is 11.7. The van der Waals surface area contributed by atoms with Crippen LogP contribution < -0.4 is 5.32 Å². The fourth-order valence-corrected chi connectivity index (χ4v) is 1.36. The molecule has 0 spiro atoms. The van der Waals surface area contributed by atoms with Crippen LogP contribution in [0.25, 0.3) is 0 Å². The number of aromatic nitrogens is 1. The molecule has 0 atom stereocenters. The first kappa shape index (κ1) is 14.9. The van der Waals surface area contributed by atoms with Crippen LogP contribution >= 0.6 is 0 Å². The third-order valence-corrected chi connectivity index (χ3v) is 2.22. The molecule has 0 saturated heterocycles. The van der Waals surface area contributed by atoms with Crippen molar-refractivity contribution in [3.05, 3.63) is 30.1 Å². The van der Waals surface area contributed by atoms with Crippen LogP contribution in [0.1, 0.15) is 18.4 Å². The summed E-state index contributed by atoms with van der Waals surface area (Å²) in [5.74, 6) is 0. The SMILES string of the molecule is FC(F)(F)CCCOCCNCc1cccnc1. The number of ether oxygens (including phenoxy) is 1. The van der Waals surface area contributed by atoms with E-state index in [0.29, 0.717) is 19.7 Å². The van der Waals surface area contributed by atoms with E-state index in [2.05, 4.69) is 10.3 Å². The van der Waals surface area contributed by atoms with Crippen molar-refractivity contribution in [1.29, 1.82) is 0 Å². The lowest BCUT2D eigenvalue weighted by molar-refractivity contribution is -0.137. The van der Waals surface area contributed by atoms with Gasteiger partial charge in [0.1, 0.15) is 0 Å². The predicted molar refractivity (Wildman–Crippen MR) is 62.1 cm³/mol. The van der Waals surface area contributed by atoms with E-state index in [1.807, 2.05) is 12.1 Å². The summed E-state index contributed by atoms with van der Waals surface area (Å²) in [6.45, 7) is 1.85. The Balaban J connectivity index is 1.90. The second-order valence-electron chi connectivity index (χ2n) is 3.87. The molecule has 1 rings (SSSR count). The number of pyridine rings is 1. The van der Waals surface area contributed by atoms with Crippen LogP contribution in [0.5, 0.6) is 0 Å². The van der Waals surface area contributed by atoms with Gasteiger partial charge in [-0.1, -0.05) is 6.07 Å². The fraction of sp³-hybridized carbons (Fsp3) is 0.583. The molecular formula is C12H17F3N2O. The Morgan fingerprint density at radius 1 is 1.28 bits per heavy atom. The fourth-order valence-electron chi connectivity index (χ4n) is 1.36. The van der Waals surface area contributed by atoms with E-state index >= 15 is 0 Å². The maximum Gasteiger partial charge on any atom is 0.389 e. The summed E-state index contributed by atoms with van der Waals surface area (Å²) in [7, 11) is 0. The van der Waals surface area contributed by atoms with Crippen LogP contribution in [0.4, 0.5) is 13.2 Å². The number of alkyl halides is 3. The number of hydrogen-bond donors (Lipinski definition) is 1. The van der Waals surface area contributed by atoms with Gasteiger partial charge in [0.15, 0.2) is 0 Å². The monoisotopic (exact) mass is 262 g/mol. The number of halogens is 3. The molecule has 1 aromatic heterocycles. The largest absolute Gasteiger partial charge is 0.389 e. The summed E-state index contributed by atoms with van der Waals surface area (Å²) in [6.07, 6.45) is -1.38. The van der Waals surface area contributed by atoms with E-state index in [1.165, 1.54) is 0 Å². The van der Waals surface area contributed by atoms with Crippen LogP contribution in [-0.2, 0) is 11.3 Å². The van der Waals surface area contributed by atoms with Crippen LogP contribution in [0.2, 0.25) is 0 Å². The average Bonchev–Trinajstić information content (AvgIpc) is 2.32. The second kappa shape index (κ2) is 8.05. The Morgan fingerprint density at radius 3 is 2.78 bits per heavy atom. The van der Waals surface area contributed by atoms with Gasteiger partial charge in [0.2, 0.25) is 0 Å². The zero-order valence-corrected chi connectivity index (χ0v) is 10.0. The molecule has 1 aromatic rings. The molecule has 0 aromatic carbocycles. The average molecular weight is 262 g/mol. The molecule has 1 heterocycles. The van der Waals surface area contributed by atoms with Crippen molar-refractivity contribution >= 4 is 0 Å². The molecule has 0 fully saturated rings. The van der Waals surface area contributed by atoms with E-state index < -0.39 is 12.6 Å². The Morgan fingerprint density at radius 2 is 2.11 bits per heavy atom. The Labute approximate surface area is 104 Å². The third-order valence-electron chi connectivity index (χ3n) is 2.22. The van der Waals surface area contributed by atoms with Gasteiger partial charge in [-0.3, -0.25) is 4.98 Å². The molecule has 3 nitrogen and oxygen atoms in total. The van der Waals surface area contributed by atoms with Crippen molar-refractivity contribution in [2.75, 3.05) is 19.8 Å². The maximum atomic E-state index is 11.8. The molecule has 0 radical (unpaired) electrons. The van der Waals surface area contributed by atoms with Crippen LogP contribution in [0, 0.1) is 0 Å². The maximum absolute atomic E-state index is 11.8. The van der Waals surface area contributed by atoms with Gasteiger partial charge in [0.25, 0.3) is 0 Å². The molecular weight excluding hydrogens is 245 g/mol. The highest BCUT2D eigenvalue weighted by molar-refractivity contribution is 5.07. The zero-order chi connectivity index (χ0) is 13.3. The Hall–Kier alpha value is -1.14. The van der Waals surface area contributed by atoms with Crippen LogP contribution in [0.3, 0.4) is 0 Å². The minimum absolute atomic E-state index is 0.0199. The van der Waals surface area contributed by atoms with Gasteiger partial charge in [-0.2, -0.15) is 13.2 Å². The molecule has 102 valence electrons. The Bertz CT molecular complexity index is 317. The van der Waals surface area contributed by atoms with Crippen molar-refractivity contribution in [2.24, 2.45) is 0 Å². The summed E-state index contributed by atoms with van der Waals surface area (Å²) < 4.78 is 40.5. The summed E-state index contributed by atoms with van der Waals surface area (Å²) in [6, 6.07) is 3.80. The van der Waals surface area contributed by atoms with E-state index in [1.54, 1.807) is 12.4 Å². The summed E-state index contributed by atoms with van der Waals surface area (Å²) in [5.41, 5.74) is 1.06. The first-order valence-electron chi connectivity index (χ1n) is 5.82. The van der Waals surface area contributed by atoms with E-state index in [0.717, 1.165) is 5.56 Å². The van der Waals surface area contributed by atoms with Crippen LogP contribution in [0.15, 0.2) is 24.5 Å². The number of hydrogen-bond acceptors (Lipinski definition) is 3. The van der Waals surface area contributed by atoms with E-state index in [4.69, 9.17) is 4.74 Å². The highest BCUT2D eigenvalue weighted by Crippen LogP contribution is 2.20. The smallest absolute Gasteiger partial charge is 0.380 e. The number of rotatable bonds is 8. The number of nitrogens with zero attached hydrogens (tertiary/aromatic N) is 1. The molecule has 0 unspecified atom stereocenters. The quantitative estimate of drug-likeness (QED) is 0.731. The Kier molecular flexibility index (Phi) is 6.67. The molecule has 0 aliphatic heterocycles. The van der Waals surface area contributed by atoms with Gasteiger partial charge in [0, 0.05) is 38.5 Å². The van der Waals surface area contributed by atoms with Gasteiger partial charge in [-0.05, 0) is 18.1 Å². The van der Waals surface area contributed by atoms with E-state index in [9.17, 15) is 13.2 Å². The summed E-state index contributed by atoms with van der Waals surface area (Å²) in [4.78, 5) is 3.97. The minimum atomic E-state index is -4.08. The van der Waals surface area contributed by atoms with Gasteiger partial charge >= 0.3 is 6.18 Å². The molecule has 6 heteroatoms. The summed E-state index contributed by atoms with van der Waals surface area (Å²) in [5, 5.41) is 3.12. The molecule has 0 aliphatic rings. The number of nitrogens with one attached hydrogen (secondary N) is 1. The predicted octanol–water partition coefficient (Wildman–Crippen LogP) is 2.53. The van der Waals surface area contributed by atoms with Crippen molar-refractivity contribution in [2.45, 2.75) is 25.6 Å². The van der Waals surface area contributed by atoms with Crippen molar-refractivity contribution in [3.63, 3.8) is 0 Å². The topological polar surface area (TPSA) is 34.1 Å². The minimum Gasteiger partial charge on any atom is -0.380 e. The molecule has 0 amide bonds. The molecule has 0 bridgehead atoms. The van der Waals surface area contributed by atoms with Gasteiger partial charge in [-0.25, -0.2) is 0 Å². The van der Waals surface area contributed by atoms with Gasteiger partial charge in [-0.15, -0.1) is 0 Å². The van der Waals surface area contributed by atoms with Crippen molar-refractivity contribution < 1.29 is 17.9 Å². The highest BCUT2D eigenvalue weighted by Gasteiger charge is 2.25. The molecule has 1 N–H and O–H groups in total. The standard InChI is InChI=1S/C12H17F3N2O/c13-12(14,15)4-2-7-18-8-6-17-10-11-3-1-5-16-9-11/h1,3,5,9,17H,2,4,6-8,10H2. The van der Waals surface area contributed by atoms with Gasteiger partial charge in [0.05, 0.1) is 6.61 Å². The highest BCUT2D eigenvalue weighted by atomic mass is 19.4. The summed E-state index contributed by atoms with van der Waals surface area (Å²) >= 11 is 0. The molecule has 0 saturated carbocycles. The van der Waals surface area contributed by atoms with Crippen LogP contribution in [-0.4, -0.2) is 30.9 Å². The molecule has 18 heavy (non-hydrogen) atoms. The molecule has 0 aliphatic carbocycles. The lowest BCUT2D eigenvalue weighted by atomic mass is 10.3. The van der Waals surface area contributed by atoms with Crippen molar-refractivity contribution in [1.82, 2.24) is 10.3 Å². The first-order valence-corrected chi connectivity index (χ1v) is 5.82. The lowest BCUT2D eigenvalue weighted by Crippen LogP contribution is -2.19. The van der Waals surface area contributed by atoms with E-state index in [-0.39, 0.29) is 13.0 Å². The van der Waals surface area contributed by atoms with Gasteiger partial charge < -0.3 is 10.1 Å². The van der Waals surface area contributed by atoms with Crippen molar-refractivity contribution in [3.8, 4) is 0 Å². The lowest BCUT2D eigenvalue weighted by Gasteiger charge is -2.07. The first-order chi connectivity index (χ1) is 8.58. The zero-order valence-electron chi connectivity index (χ0n) is 10.0. The third kappa shape index (κ3) is 8.03. The second-order valence-corrected chi connectivity index (χ2v) is 3.87.